The van der Waals surface area contributed by atoms with E-state index in [1.807, 2.05) is 0 Å². The number of hydrogen-bond donors (Lipinski definition) is 1. The second kappa shape index (κ2) is 5.30. The van der Waals surface area contributed by atoms with Crippen molar-refractivity contribution in [2.45, 2.75) is 12.5 Å². The average molecular weight is 336 g/mol. The molecule has 0 aliphatic rings. The van der Waals surface area contributed by atoms with Crippen LogP contribution in [0.2, 0.25) is 0 Å². The van der Waals surface area contributed by atoms with Gasteiger partial charge in [-0.05, 0) is 33.6 Å². The number of aliphatic hydroxyl groups is 1. The van der Waals surface area contributed by atoms with Crippen molar-refractivity contribution in [3.63, 3.8) is 0 Å². The second-order valence-corrected chi connectivity index (χ2v) is 5.33. The highest BCUT2D eigenvalue weighted by Crippen LogP contribution is 2.24. The van der Waals surface area contributed by atoms with Gasteiger partial charge in [0.05, 0.1) is 28.5 Å². The summed E-state index contributed by atoms with van der Waals surface area (Å²) < 4.78 is 15.2. The van der Waals surface area contributed by atoms with E-state index in [1.165, 1.54) is 6.07 Å². The number of aliphatic hydroxyl groups excluding tert-OH is 1. The summed E-state index contributed by atoms with van der Waals surface area (Å²) in [5.74, 6) is -0.316. The van der Waals surface area contributed by atoms with Gasteiger partial charge in [-0.3, -0.25) is 4.98 Å². The number of benzene rings is 1. The molecule has 4 nitrogen and oxygen atoms in total. The molecule has 0 bridgehead atoms. The Morgan fingerprint density at radius 1 is 1.35 bits per heavy atom. The Balaban J connectivity index is 1.89. The molecule has 1 atom stereocenters. The van der Waals surface area contributed by atoms with E-state index in [-0.39, 0.29) is 5.82 Å². The van der Waals surface area contributed by atoms with E-state index in [1.54, 1.807) is 41.4 Å². The van der Waals surface area contributed by atoms with Crippen LogP contribution < -0.4 is 0 Å². The maximum absolute atomic E-state index is 13.2. The third-order valence-corrected chi connectivity index (χ3v) is 3.73. The predicted molar refractivity (Wildman–Crippen MR) is 75.8 cm³/mol. The molecule has 6 heteroatoms. The molecular weight excluding hydrogens is 325 g/mol. The van der Waals surface area contributed by atoms with Gasteiger partial charge in [0.15, 0.2) is 0 Å². The first-order valence-electron chi connectivity index (χ1n) is 6.04. The van der Waals surface area contributed by atoms with E-state index in [9.17, 15) is 9.50 Å². The predicted octanol–water partition coefficient (Wildman–Crippen LogP) is 2.91. The fourth-order valence-electron chi connectivity index (χ4n) is 2.11. The highest BCUT2D eigenvalue weighted by Gasteiger charge is 2.15. The SMILES string of the molecule is OC(Cc1ccc(F)c(Br)c1)c1cnn2ccncc12. The van der Waals surface area contributed by atoms with Crippen molar-refractivity contribution in [2.75, 3.05) is 0 Å². The molecule has 1 unspecified atom stereocenters. The fourth-order valence-corrected chi connectivity index (χ4v) is 2.54. The van der Waals surface area contributed by atoms with Gasteiger partial charge in [0.25, 0.3) is 0 Å². The van der Waals surface area contributed by atoms with Gasteiger partial charge in [0.1, 0.15) is 5.82 Å². The van der Waals surface area contributed by atoms with Gasteiger partial charge in [0, 0.05) is 24.4 Å². The van der Waals surface area contributed by atoms with Gasteiger partial charge >= 0.3 is 0 Å². The number of halogens is 2. The van der Waals surface area contributed by atoms with E-state index in [0.717, 1.165) is 11.1 Å². The van der Waals surface area contributed by atoms with Crippen molar-refractivity contribution in [1.82, 2.24) is 14.6 Å². The van der Waals surface area contributed by atoms with E-state index < -0.39 is 6.10 Å². The third-order valence-electron chi connectivity index (χ3n) is 3.13. The molecule has 3 aromatic rings. The molecule has 0 aliphatic carbocycles. The maximum Gasteiger partial charge on any atom is 0.137 e. The smallest absolute Gasteiger partial charge is 0.137 e. The van der Waals surface area contributed by atoms with Gasteiger partial charge in [0.2, 0.25) is 0 Å². The molecule has 0 saturated heterocycles. The Morgan fingerprint density at radius 2 is 2.20 bits per heavy atom. The van der Waals surface area contributed by atoms with Crippen LogP contribution in [-0.4, -0.2) is 19.7 Å². The lowest BCUT2D eigenvalue weighted by molar-refractivity contribution is 0.180. The number of aromatic nitrogens is 3. The summed E-state index contributed by atoms with van der Waals surface area (Å²) in [6.07, 6.45) is 6.31. The zero-order chi connectivity index (χ0) is 14.1. The molecule has 0 aliphatic heterocycles. The molecule has 2 aromatic heterocycles. The lowest BCUT2D eigenvalue weighted by Gasteiger charge is -2.10. The Bertz CT molecular complexity index is 759. The van der Waals surface area contributed by atoms with Crippen molar-refractivity contribution in [2.24, 2.45) is 0 Å². The molecule has 0 amide bonds. The third kappa shape index (κ3) is 2.44. The van der Waals surface area contributed by atoms with Crippen molar-refractivity contribution < 1.29 is 9.50 Å². The molecule has 0 saturated carbocycles. The first-order chi connectivity index (χ1) is 9.65. The zero-order valence-electron chi connectivity index (χ0n) is 10.4. The number of nitrogens with zero attached hydrogens (tertiary/aromatic N) is 3. The summed E-state index contributed by atoms with van der Waals surface area (Å²) in [7, 11) is 0. The zero-order valence-corrected chi connectivity index (χ0v) is 12.0. The summed E-state index contributed by atoms with van der Waals surface area (Å²) in [6.45, 7) is 0. The number of fused-ring (bicyclic) bond motifs is 1. The Kier molecular flexibility index (Phi) is 3.50. The van der Waals surface area contributed by atoms with Gasteiger partial charge in [-0.2, -0.15) is 5.10 Å². The Labute approximate surface area is 123 Å². The number of hydrogen-bond acceptors (Lipinski definition) is 3. The minimum absolute atomic E-state index is 0.316. The summed E-state index contributed by atoms with van der Waals surface area (Å²) in [5.41, 5.74) is 2.31. The first kappa shape index (κ1) is 13.2. The number of rotatable bonds is 3. The van der Waals surface area contributed by atoms with Crippen molar-refractivity contribution in [3.8, 4) is 0 Å². The van der Waals surface area contributed by atoms with Crippen LogP contribution in [-0.2, 0) is 6.42 Å². The van der Waals surface area contributed by atoms with Gasteiger partial charge in [-0.25, -0.2) is 8.91 Å². The minimum atomic E-state index is -0.714. The molecule has 20 heavy (non-hydrogen) atoms. The van der Waals surface area contributed by atoms with Crippen LogP contribution in [0.4, 0.5) is 4.39 Å². The van der Waals surface area contributed by atoms with Crippen LogP contribution in [0.5, 0.6) is 0 Å². The summed E-state index contributed by atoms with van der Waals surface area (Å²) in [4.78, 5) is 4.03. The van der Waals surface area contributed by atoms with Crippen molar-refractivity contribution in [1.29, 1.82) is 0 Å². The van der Waals surface area contributed by atoms with E-state index in [2.05, 4.69) is 26.0 Å². The summed E-state index contributed by atoms with van der Waals surface area (Å²) in [5, 5.41) is 14.5. The molecule has 3 rings (SSSR count). The van der Waals surface area contributed by atoms with Gasteiger partial charge < -0.3 is 5.11 Å². The van der Waals surface area contributed by atoms with E-state index in [0.29, 0.717) is 16.5 Å². The average Bonchev–Trinajstić information content (AvgIpc) is 2.87. The molecule has 1 N–H and O–H groups in total. The second-order valence-electron chi connectivity index (χ2n) is 4.47. The molecular formula is C14H11BrFN3O. The monoisotopic (exact) mass is 335 g/mol. The Morgan fingerprint density at radius 3 is 3.00 bits per heavy atom. The van der Waals surface area contributed by atoms with Crippen LogP contribution in [0.25, 0.3) is 5.52 Å². The fraction of sp³-hybridized carbons (Fsp3) is 0.143. The summed E-state index contributed by atoms with van der Waals surface area (Å²) >= 11 is 3.14. The normalized spacial score (nSPS) is 12.8. The topological polar surface area (TPSA) is 50.4 Å². The summed E-state index contributed by atoms with van der Waals surface area (Å²) in [6, 6.07) is 4.71. The molecule has 2 heterocycles. The lowest BCUT2D eigenvalue weighted by atomic mass is 10.0. The van der Waals surface area contributed by atoms with Crippen LogP contribution in [0.15, 0.2) is 47.5 Å². The van der Waals surface area contributed by atoms with E-state index >= 15 is 0 Å². The van der Waals surface area contributed by atoms with Crippen molar-refractivity contribution in [3.05, 3.63) is 64.4 Å². The molecule has 0 fully saturated rings. The lowest BCUT2D eigenvalue weighted by Crippen LogP contribution is -2.02. The quantitative estimate of drug-likeness (QED) is 0.800. The maximum atomic E-state index is 13.2. The minimum Gasteiger partial charge on any atom is -0.388 e. The van der Waals surface area contributed by atoms with Crippen LogP contribution in [0.3, 0.4) is 0 Å². The first-order valence-corrected chi connectivity index (χ1v) is 6.83. The van der Waals surface area contributed by atoms with Crippen LogP contribution in [0, 0.1) is 5.82 Å². The van der Waals surface area contributed by atoms with E-state index in [4.69, 9.17) is 0 Å². The van der Waals surface area contributed by atoms with Gasteiger partial charge in [-0.1, -0.05) is 6.07 Å². The molecule has 1 aromatic carbocycles. The van der Waals surface area contributed by atoms with Crippen molar-refractivity contribution >= 4 is 21.4 Å². The van der Waals surface area contributed by atoms with Crippen LogP contribution >= 0.6 is 15.9 Å². The molecule has 0 radical (unpaired) electrons. The highest BCUT2D eigenvalue weighted by atomic mass is 79.9. The standard InChI is InChI=1S/C14H11BrFN3O/c15-11-5-9(1-2-12(11)16)6-14(20)10-7-18-19-4-3-17-8-13(10)19/h1-5,7-8,14,20H,6H2. The van der Waals surface area contributed by atoms with Gasteiger partial charge in [-0.15, -0.1) is 0 Å². The molecule has 0 spiro atoms. The largest absolute Gasteiger partial charge is 0.388 e. The van der Waals surface area contributed by atoms with Crippen LogP contribution in [0.1, 0.15) is 17.2 Å². The highest BCUT2D eigenvalue weighted by molar-refractivity contribution is 9.10. The Hall–Kier alpha value is -1.79. The molecule has 102 valence electrons.